The summed E-state index contributed by atoms with van der Waals surface area (Å²) in [5.41, 5.74) is 0. The lowest BCUT2D eigenvalue weighted by Crippen LogP contribution is -2.50. The van der Waals surface area contributed by atoms with Gasteiger partial charge in [-0.05, 0) is 26.1 Å². The molecule has 0 saturated carbocycles. The molecule has 0 spiro atoms. The second-order valence-electron chi connectivity index (χ2n) is 4.81. The third kappa shape index (κ3) is 2.71. The first-order valence-electron chi connectivity index (χ1n) is 6.52. The zero-order valence-electron chi connectivity index (χ0n) is 10.3. The number of piperazine rings is 1. The van der Waals surface area contributed by atoms with Crippen LogP contribution < -0.4 is 0 Å². The normalized spacial score (nSPS) is 31.2. The Morgan fingerprint density at radius 3 is 2.07 bits per heavy atom. The molecule has 0 aromatic heterocycles. The molecule has 2 fully saturated rings. The molecule has 2 heterocycles. The molecule has 2 aliphatic rings. The summed E-state index contributed by atoms with van der Waals surface area (Å²) < 4.78 is 0. The van der Waals surface area contributed by atoms with Crippen molar-refractivity contribution in [1.29, 1.82) is 0 Å². The highest BCUT2D eigenvalue weighted by Gasteiger charge is 2.28. The maximum absolute atomic E-state index is 2.71. The first kappa shape index (κ1) is 11.4. The highest BCUT2D eigenvalue weighted by molar-refractivity contribution is 4.85. The van der Waals surface area contributed by atoms with Gasteiger partial charge < -0.3 is 9.80 Å². The fourth-order valence-corrected chi connectivity index (χ4v) is 2.84. The van der Waals surface area contributed by atoms with Gasteiger partial charge in [0.1, 0.15) is 0 Å². The summed E-state index contributed by atoms with van der Waals surface area (Å²) in [7, 11) is 0. The lowest BCUT2D eigenvalue weighted by Gasteiger charge is -2.37. The molecule has 1 unspecified atom stereocenters. The van der Waals surface area contributed by atoms with Gasteiger partial charge in [-0.15, -0.1) is 0 Å². The van der Waals surface area contributed by atoms with Crippen LogP contribution in [-0.4, -0.2) is 73.1 Å². The van der Waals surface area contributed by atoms with E-state index in [1.807, 2.05) is 0 Å². The number of hydrogen-bond acceptors (Lipinski definition) is 3. The number of rotatable bonds is 3. The Labute approximate surface area is 94.0 Å². The van der Waals surface area contributed by atoms with Crippen molar-refractivity contribution in [3.8, 4) is 0 Å². The standard InChI is InChI=1S/C12H25N3/c1-3-13-7-9-15(10-8-13)12-5-6-14(4-2)11-12/h12H,3-11H2,1-2H3. The van der Waals surface area contributed by atoms with Crippen molar-refractivity contribution in [3.63, 3.8) is 0 Å². The first-order chi connectivity index (χ1) is 7.33. The average molecular weight is 211 g/mol. The van der Waals surface area contributed by atoms with Crippen LogP contribution >= 0.6 is 0 Å². The van der Waals surface area contributed by atoms with E-state index >= 15 is 0 Å². The van der Waals surface area contributed by atoms with Crippen LogP contribution in [0.4, 0.5) is 0 Å². The van der Waals surface area contributed by atoms with Gasteiger partial charge in [-0.25, -0.2) is 0 Å². The summed E-state index contributed by atoms with van der Waals surface area (Å²) in [6, 6.07) is 0.851. The van der Waals surface area contributed by atoms with Gasteiger partial charge in [0.25, 0.3) is 0 Å². The summed E-state index contributed by atoms with van der Waals surface area (Å²) >= 11 is 0. The molecule has 3 nitrogen and oxygen atoms in total. The highest BCUT2D eigenvalue weighted by Crippen LogP contribution is 2.16. The van der Waals surface area contributed by atoms with E-state index in [0.717, 1.165) is 6.04 Å². The Balaban J connectivity index is 1.76. The van der Waals surface area contributed by atoms with E-state index in [-0.39, 0.29) is 0 Å². The number of hydrogen-bond donors (Lipinski definition) is 0. The quantitative estimate of drug-likeness (QED) is 0.681. The summed E-state index contributed by atoms with van der Waals surface area (Å²) in [4.78, 5) is 7.85. The van der Waals surface area contributed by atoms with E-state index in [0.29, 0.717) is 0 Å². The van der Waals surface area contributed by atoms with Crippen molar-refractivity contribution in [2.24, 2.45) is 0 Å². The van der Waals surface area contributed by atoms with E-state index in [4.69, 9.17) is 0 Å². The SMILES string of the molecule is CCN1CCN(C2CCN(CC)C2)CC1. The second-order valence-corrected chi connectivity index (χ2v) is 4.81. The molecule has 0 radical (unpaired) electrons. The topological polar surface area (TPSA) is 9.72 Å². The van der Waals surface area contributed by atoms with Crippen molar-refractivity contribution < 1.29 is 0 Å². The molecule has 15 heavy (non-hydrogen) atoms. The van der Waals surface area contributed by atoms with Crippen molar-refractivity contribution >= 4 is 0 Å². The van der Waals surface area contributed by atoms with Crippen LogP contribution in [-0.2, 0) is 0 Å². The summed E-state index contributed by atoms with van der Waals surface area (Å²) in [5.74, 6) is 0. The van der Waals surface area contributed by atoms with Gasteiger partial charge in [-0.1, -0.05) is 13.8 Å². The average Bonchev–Trinajstić information content (AvgIpc) is 2.78. The maximum Gasteiger partial charge on any atom is 0.0236 e. The van der Waals surface area contributed by atoms with E-state index in [2.05, 4.69) is 28.5 Å². The predicted octanol–water partition coefficient (Wildman–Crippen LogP) is 0.718. The van der Waals surface area contributed by atoms with Crippen LogP contribution in [0, 0.1) is 0 Å². The van der Waals surface area contributed by atoms with Crippen LogP contribution in [0.5, 0.6) is 0 Å². The third-order valence-corrected chi connectivity index (χ3v) is 4.07. The number of likely N-dealkylation sites (tertiary alicyclic amines) is 1. The predicted molar refractivity (Wildman–Crippen MR) is 64.2 cm³/mol. The van der Waals surface area contributed by atoms with Crippen LogP contribution in [0.25, 0.3) is 0 Å². The molecule has 3 heteroatoms. The molecular weight excluding hydrogens is 186 g/mol. The van der Waals surface area contributed by atoms with Crippen molar-refractivity contribution in [1.82, 2.24) is 14.7 Å². The molecule has 2 rings (SSSR count). The Bertz CT molecular complexity index is 187. The molecular formula is C12H25N3. The molecule has 2 aliphatic heterocycles. The van der Waals surface area contributed by atoms with Crippen molar-refractivity contribution in [2.45, 2.75) is 26.3 Å². The molecule has 0 N–H and O–H groups in total. The van der Waals surface area contributed by atoms with Crippen molar-refractivity contribution in [2.75, 3.05) is 52.4 Å². The lowest BCUT2D eigenvalue weighted by atomic mass is 10.2. The molecule has 0 aromatic carbocycles. The minimum atomic E-state index is 0.851. The van der Waals surface area contributed by atoms with Gasteiger partial charge in [0, 0.05) is 38.8 Å². The number of likely N-dealkylation sites (N-methyl/N-ethyl adjacent to an activating group) is 2. The van der Waals surface area contributed by atoms with Gasteiger partial charge >= 0.3 is 0 Å². The Hall–Kier alpha value is -0.120. The largest absolute Gasteiger partial charge is 0.302 e. The third-order valence-electron chi connectivity index (χ3n) is 4.07. The van der Waals surface area contributed by atoms with E-state index in [9.17, 15) is 0 Å². The molecule has 0 amide bonds. The molecule has 0 aromatic rings. The van der Waals surface area contributed by atoms with Gasteiger partial charge in [0.05, 0.1) is 0 Å². The highest BCUT2D eigenvalue weighted by atomic mass is 15.3. The van der Waals surface area contributed by atoms with Crippen LogP contribution in [0.15, 0.2) is 0 Å². The maximum atomic E-state index is 2.71. The number of nitrogens with zero attached hydrogens (tertiary/aromatic N) is 3. The van der Waals surface area contributed by atoms with Crippen molar-refractivity contribution in [3.05, 3.63) is 0 Å². The summed E-state index contributed by atoms with van der Waals surface area (Å²) in [6.07, 6.45) is 1.39. The zero-order valence-corrected chi connectivity index (χ0v) is 10.3. The van der Waals surface area contributed by atoms with E-state index in [1.165, 1.54) is 58.8 Å². The molecule has 0 bridgehead atoms. The van der Waals surface area contributed by atoms with Gasteiger partial charge in [0.15, 0.2) is 0 Å². The van der Waals surface area contributed by atoms with Crippen LogP contribution in [0.3, 0.4) is 0 Å². The monoisotopic (exact) mass is 211 g/mol. The fourth-order valence-electron chi connectivity index (χ4n) is 2.84. The lowest BCUT2D eigenvalue weighted by molar-refractivity contribution is 0.101. The second kappa shape index (κ2) is 5.28. The van der Waals surface area contributed by atoms with Gasteiger partial charge in [-0.3, -0.25) is 4.90 Å². The van der Waals surface area contributed by atoms with Gasteiger partial charge in [0.2, 0.25) is 0 Å². The Morgan fingerprint density at radius 1 is 0.867 bits per heavy atom. The van der Waals surface area contributed by atoms with E-state index in [1.54, 1.807) is 0 Å². The van der Waals surface area contributed by atoms with Crippen LogP contribution in [0.1, 0.15) is 20.3 Å². The summed E-state index contributed by atoms with van der Waals surface area (Å²) in [6.45, 7) is 14.7. The Kier molecular flexibility index (Phi) is 4.00. The van der Waals surface area contributed by atoms with Crippen LogP contribution in [0.2, 0.25) is 0 Å². The molecule has 2 saturated heterocycles. The molecule has 0 aliphatic carbocycles. The fraction of sp³-hybridized carbons (Fsp3) is 1.00. The first-order valence-corrected chi connectivity index (χ1v) is 6.52. The Morgan fingerprint density at radius 2 is 1.53 bits per heavy atom. The smallest absolute Gasteiger partial charge is 0.0236 e. The molecule has 88 valence electrons. The summed E-state index contributed by atoms with van der Waals surface area (Å²) in [5, 5.41) is 0. The van der Waals surface area contributed by atoms with Gasteiger partial charge in [-0.2, -0.15) is 0 Å². The zero-order chi connectivity index (χ0) is 10.7. The van der Waals surface area contributed by atoms with E-state index < -0.39 is 0 Å². The minimum Gasteiger partial charge on any atom is -0.302 e. The molecule has 1 atom stereocenters. The minimum absolute atomic E-state index is 0.851.